The van der Waals surface area contributed by atoms with Gasteiger partial charge in [0.05, 0.1) is 12.1 Å². The zero-order chi connectivity index (χ0) is 19.9. The van der Waals surface area contributed by atoms with E-state index in [2.05, 4.69) is 32.1 Å². The second-order valence-electron chi connectivity index (χ2n) is 8.25. The minimum atomic E-state index is -0.787. The van der Waals surface area contributed by atoms with Crippen molar-refractivity contribution in [1.29, 1.82) is 0 Å². The lowest BCUT2D eigenvalue weighted by molar-refractivity contribution is -0.811. The van der Waals surface area contributed by atoms with Gasteiger partial charge in [-0.05, 0) is 29.8 Å². The molecule has 2 aliphatic heterocycles. The average molecular weight is 413 g/mol. The SMILES string of the molecule is CC1(C)CSC2=CC(c3ccccc3)=C(c3ccc(Cl)cc3)[N+]2(CC(=O)O)C1. The quantitative estimate of drug-likeness (QED) is 0.651. The topological polar surface area (TPSA) is 37.3 Å². The van der Waals surface area contributed by atoms with Gasteiger partial charge in [-0.15, -0.1) is 0 Å². The molecule has 1 saturated heterocycles. The highest BCUT2D eigenvalue weighted by atomic mass is 35.5. The van der Waals surface area contributed by atoms with Crippen molar-refractivity contribution in [2.45, 2.75) is 13.8 Å². The summed E-state index contributed by atoms with van der Waals surface area (Å²) in [5.41, 5.74) is 4.32. The van der Waals surface area contributed by atoms with Crippen LogP contribution < -0.4 is 0 Å². The van der Waals surface area contributed by atoms with E-state index in [9.17, 15) is 9.90 Å². The maximum atomic E-state index is 12.0. The normalized spacial score (nSPS) is 23.3. The number of aliphatic carboxylic acids is 1. The number of nitrogens with zero attached hydrogens (tertiary/aromatic N) is 1. The van der Waals surface area contributed by atoms with Crippen LogP contribution in [0.4, 0.5) is 0 Å². The Morgan fingerprint density at radius 2 is 1.79 bits per heavy atom. The minimum Gasteiger partial charge on any atom is -0.477 e. The fraction of sp³-hybridized carbons (Fsp3) is 0.261. The molecule has 0 spiro atoms. The van der Waals surface area contributed by atoms with Crippen LogP contribution in [-0.4, -0.2) is 34.4 Å². The summed E-state index contributed by atoms with van der Waals surface area (Å²) >= 11 is 7.92. The lowest BCUT2D eigenvalue weighted by Gasteiger charge is -2.45. The van der Waals surface area contributed by atoms with Crippen molar-refractivity contribution in [1.82, 2.24) is 0 Å². The standard InChI is InChI=1S/C23H22ClNO2S/c1-23(2)14-25(13-21(26)27)20(28-15-23)12-19(16-6-4-3-5-7-16)22(25)17-8-10-18(24)11-9-17/h3-12H,13-15H2,1-2H3/p+1. The molecule has 0 bridgehead atoms. The van der Waals surface area contributed by atoms with E-state index in [1.807, 2.05) is 42.5 Å². The van der Waals surface area contributed by atoms with Gasteiger partial charge in [-0.25, -0.2) is 9.28 Å². The molecule has 0 saturated carbocycles. The number of carboxylic acids is 1. The van der Waals surface area contributed by atoms with Crippen LogP contribution in [0.25, 0.3) is 11.3 Å². The highest BCUT2D eigenvalue weighted by Crippen LogP contribution is 2.54. The predicted molar refractivity (Wildman–Crippen MR) is 117 cm³/mol. The number of thioether (sulfide) groups is 1. The zero-order valence-corrected chi connectivity index (χ0v) is 17.6. The first-order chi connectivity index (χ1) is 13.3. The van der Waals surface area contributed by atoms with Gasteiger partial charge in [-0.3, -0.25) is 0 Å². The maximum Gasteiger partial charge on any atom is 0.360 e. The summed E-state index contributed by atoms with van der Waals surface area (Å²) in [6.45, 7) is 5.24. The smallest absolute Gasteiger partial charge is 0.360 e. The summed E-state index contributed by atoms with van der Waals surface area (Å²) in [7, 11) is 0. The van der Waals surface area contributed by atoms with E-state index in [4.69, 9.17) is 11.6 Å². The van der Waals surface area contributed by atoms with Gasteiger partial charge in [0.2, 0.25) is 0 Å². The molecule has 0 aromatic heterocycles. The van der Waals surface area contributed by atoms with Crippen LogP contribution in [-0.2, 0) is 4.79 Å². The monoisotopic (exact) mass is 412 g/mol. The van der Waals surface area contributed by atoms with E-state index in [1.54, 1.807) is 11.8 Å². The van der Waals surface area contributed by atoms with Crippen LogP contribution >= 0.6 is 23.4 Å². The molecule has 0 aliphatic carbocycles. The molecule has 28 heavy (non-hydrogen) atoms. The van der Waals surface area contributed by atoms with E-state index in [0.29, 0.717) is 9.51 Å². The lowest BCUT2D eigenvalue weighted by atomic mass is 9.92. The van der Waals surface area contributed by atoms with Crippen molar-refractivity contribution in [3.63, 3.8) is 0 Å². The van der Waals surface area contributed by atoms with E-state index >= 15 is 0 Å². The van der Waals surface area contributed by atoms with Crippen LogP contribution in [0.1, 0.15) is 25.0 Å². The molecule has 2 aromatic rings. The second-order valence-corrected chi connectivity index (χ2v) is 9.68. The first kappa shape index (κ1) is 19.3. The third-order valence-corrected chi connectivity index (χ3v) is 7.23. The third kappa shape index (κ3) is 3.41. The number of allylic oxidation sites excluding steroid dienone is 2. The fourth-order valence-electron chi connectivity index (χ4n) is 4.32. The number of carboxylic acid groups (broad SMARTS) is 1. The average Bonchev–Trinajstić information content (AvgIpc) is 2.95. The highest BCUT2D eigenvalue weighted by molar-refractivity contribution is 8.02. The Labute approximate surface area is 174 Å². The molecule has 2 heterocycles. The molecule has 5 heteroatoms. The van der Waals surface area contributed by atoms with Gasteiger partial charge in [0.1, 0.15) is 0 Å². The number of hydrogen-bond acceptors (Lipinski definition) is 2. The molecule has 1 unspecified atom stereocenters. The van der Waals surface area contributed by atoms with Crippen LogP contribution in [0.5, 0.6) is 0 Å². The van der Waals surface area contributed by atoms with Crippen LogP contribution in [0, 0.1) is 5.41 Å². The van der Waals surface area contributed by atoms with Gasteiger partial charge in [0, 0.05) is 27.8 Å². The van der Waals surface area contributed by atoms with Gasteiger partial charge in [0.15, 0.2) is 17.3 Å². The predicted octanol–water partition coefficient (Wildman–Crippen LogP) is 5.74. The summed E-state index contributed by atoms with van der Waals surface area (Å²) in [6, 6.07) is 18.0. The Morgan fingerprint density at radius 3 is 2.43 bits per heavy atom. The largest absolute Gasteiger partial charge is 0.477 e. The molecular weight excluding hydrogens is 390 g/mol. The van der Waals surface area contributed by atoms with Crippen molar-refractivity contribution in [3.8, 4) is 0 Å². The molecule has 1 atom stereocenters. The number of halogens is 1. The summed E-state index contributed by atoms with van der Waals surface area (Å²) in [4.78, 5) is 12.0. The number of hydrogen-bond donors (Lipinski definition) is 1. The molecule has 3 nitrogen and oxygen atoms in total. The van der Waals surface area contributed by atoms with Gasteiger partial charge in [0.25, 0.3) is 0 Å². The number of carbonyl (C=O) groups is 1. The van der Waals surface area contributed by atoms with Crippen LogP contribution in [0.15, 0.2) is 65.7 Å². The summed E-state index contributed by atoms with van der Waals surface area (Å²) < 4.78 is 0.360. The van der Waals surface area contributed by atoms with Crippen LogP contribution in [0.2, 0.25) is 5.02 Å². The van der Waals surface area contributed by atoms with E-state index in [-0.39, 0.29) is 12.0 Å². The summed E-state index contributed by atoms with van der Waals surface area (Å²) in [5, 5.41) is 11.6. The Kier molecular flexibility index (Phi) is 4.90. The van der Waals surface area contributed by atoms with Crippen LogP contribution in [0.3, 0.4) is 0 Å². The van der Waals surface area contributed by atoms with E-state index < -0.39 is 5.97 Å². The number of fused-ring (bicyclic) bond motifs is 1. The Balaban J connectivity index is 1.99. The number of quaternary nitrogens is 1. The van der Waals surface area contributed by atoms with Crippen molar-refractivity contribution in [3.05, 3.63) is 81.9 Å². The first-order valence-electron chi connectivity index (χ1n) is 9.31. The second kappa shape index (κ2) is 7.11. The third-order valence-electron chi connectivity index (χ3n) is 5.29. The summed E-state index contributed by atoms with van der Waals surface area (Å²) in [6.07, 6.45) is 2.20. The highest BCUT2D eigenvalue weighted by Gasteiger charge is 2.52. The molecule has 4 rings (SSSR count). The lowest BCUT2D eigenvalue weighted by Crippen LogP contribution is -2.54. The fourth-order valence-corrected chi connectivity index (χ4v) is 5.74. The molecule has 2 aromatic carbocycles. The molecule has 144 valence electrons. The van der Waals surface area contributed by atoms with Crippen molar-refractivity contribution in [2.24, 2.45) is 5.41 Å². The Bertz CT molecular complexity index is 979. The van der Waals surface area contributed by atoms with E-state index in [1.165, 1.54) is 0 Å². The van der Waals surface area contributed by atoms with Gasteiger partial charge >= 0.3 is 5.97 Å². The Hall–Kier alpha value is -2.01. The van der Waals surface area contributed by atoms with Gasteiger partial charge in [-0.1, -0.05) is 67.5 Å². The Morgan fingerprint density at radius 1 is 1.11 bits per heavy atom. The molecule has 0 amide bonds. The minimum absolute atomic E-state index is 0.0290. The molecule has 1 N–H and O–H groups in total. The molecule has 1 fully saturated rings. The van der Waals surface area contributed by atoms with Crippen molar-refractivity contribution >= 4 is 40.6 Å². The van der Waals surface area contributed by atoms with Gasteiger partial charge < -0.3 is 5.11 Å². The van der Waals surface area contributed by atoms with E-state index in [0.717, 1.165) is 39.7 Å². The molecular formula is C23H23ClNO2S+. The van der Waals surface area contributed by atoms with Crippen molar-refractivity contribution < 1.29 is 14.4 Å². The maximum absolute atomic E-state index is 12.0. The van der Waals surface area contributed by atoms with Gasteiger partial charge in [-0.2, -0.15) is 0 Å². The number of rotatable bonds is 4. The molecule has 2 aliphatic rings. The van der Waals surface area contributed by atoms with Crippen molar-refractivity contribution in [2.75, 3.05) is 18.8 Å². The zero-order valence-electron chi connectivity index (χ0n) is 16.0. The summed E-state index contributed by atoms with van der Waals surface area (Å²) in [5.74, 6) is 0.194. The first-order valence-corrected chi connectivity index (χ1v) is 10.7. The number of benzene rings is 2. The molecule has 0 radical (unpaired) electrons.